The van der Waals surface area contributed by atoms with Crippen LogP contribution in [0.2, 0.25) is 0 Å². The minimum absolute atomic E-state index is 0.132. The lowest BCUT2D eigenvalue weighted by molar-refractivity contribution is -0.274. The standard InChI is InChI=1S/C24H23F3N2O/c25-24(26,27)30-19-5-1-3-16(11-19)7-9-20-21-14-29(15-22(20)21)13-17-6-8-18-4-2-10-28-23(18)12-17/h1-6,8,10-12,20-22H,7,9,13-15H2. The summed E-state index contributed by atoms with van der Waals surface area (Å²) in [6.07, 6.45) is -0.995. The molecule has 0 radical (unpaired) electrons. The van der Waals surface area contributed by atoms with Gasteiger partial charge in [0.2, 0.25) is 0 Å². The third-order valence-electron chi connectivity index (χ3n) is 6.42. The SMILES string of the molecule is FC(F)(F)Oc1cccc(CCC2C3CN(Cc4ccc5cccnc5c4)CC23)c1. The van der Waals surface area contributed by atoms with E-state index in [9.17, 15) is 13.2 Å². The molecule has 5 rings (SSSR count). The van der Waals surface area contributed by atoms with Gasteiger partial charge in [-0.3, -0.25) is 9.88 Å². The Morgan fingerprint density at radius 3 is 2.60 bits per heavy atom. The number of nitrogens with zero attached hydrogens (tertiary/aromatic N) is 2. The van der Waals surface area contributed by atoms with Crippen LogP contribution in [-0.4, -0.2) is 29.3 Å². The van der Waals surface area contributed by atoms with Crippen molar-refractivity contribution in [1.82, 2.24) is 9.88 Å². The average Bonchev–Trinajstić information content (AvgIpc) is 3.16. The molecule has 2 aromatic carbocycles. The molecule has 1 aliphatic carbocycles. The molecule has 0 bridgehead atoms. The van der Waals surface area contributed by atoms with Gasteiger partial charge < -0.3 is 4.74 Å². The van der Waals surface area contributed by atoms with E-state index < -0.39 is 6.36 Å². The first-order chi connectivity index (χ1) is 14.4. The number of fused-ring (bicyclic) bond motifs is 2. The van der Waals surface area contributed by atoms with Crippen LogP contribution in [0.4, 0.5) is 13.2 Å². The largest absolute Gasteiger partial charge is 0.573 e. The van der Waals surface area contributed by atoms with Crippen LogP contribution in [0, 0.1) is 17.8 Å². The Kier molecular flexibility index (Phi) is 4.89. The molecule has 1 saturated carbocycles. The Balaban J connectivity index is 1.11. The second-order valence-corrected chi connectivity index (χ2v) is 8.45. The van der Waals surface area contributed by atoms with E-state index in [1.807, 2.05) is 18.3 Å². The molecule has 2 heterocycles. The first kappa shape index (κ1) is 19.4. The van der Waals surface area contributed by atoms with Crippen molar-refractivity contribution in [2.75, 3.05) is 13.1 Å². The summed E-state index contributed by atoms with van der Waals surface area (Å²) in [5.41, 5.74) is 3.23. The number of alkyl halides is 3. The molecule has 2 atom stereocenters. The van der Waals surface area contributed by atoms with Gasteiger partial charge in [-0.2, -0.15) is 0 Å². The third-order valence-corrected chi connectivity index (χ3v) is 6.42. The molecule has 2 unspecified atom stereocenters. The van der Waals surface area contributed by atoms with Crippen molar-refractivity contribution in [3.63, 3.8) is 0 Å². The summed E-state index contributed by atoms with van der Waals surface area (Å²) in [6.45, 7) is 3.16. The fourth-order valence-electron chi connectivity index (χ4n) is 4.99. The summed E-state index contributed by atoms with van der Waals surface area (Å²) >= 11 is 0. The number of halogens is 3. The van der Waals surface area contributed by atoms with Crippen molar-refractivity contribution in [2.24, 2.45) is 17.8 Å². The van der Waals surface area contributed by atoms with Crippen LogP contribution >= 0.6 is 0 Å². The van der Waals surface area contributed by atoms with Crippen molar-refractivity contribution in [3.05, 3.63) is 71.9 Å². The maximum absolute atomic E-state index is 12.4. The smallest absolute Gasteiger partial charge is 0.406 e. The highest BCUT2D eigenvalue weighted by atomic mass is 19.4. The Hall–Kier alpha value is -2.60. The van der Waals surface area contributed by atoms with Gasteiger partial charge in [0.05, 0.1) is 5.52 Å². The molecule has 3 aromatic rings. The second-order valence-electron chi connectivity index (χ2n) is 8.45. The second kappa shape index (κ2) is 7.58. The van der Waals surface area contributed by atoms with Gasteiger partial charge in [0.1, 0.15) is 5.75 Å². The molecule has 0 N–H and O–H groups in total. The molecule has 0 spiro atoms. The highest BCUT2D eigenvalue weighted by molar-refractivity contribution is 5.78. The summed E-state index contributed by atoms with van der Waals surface area (Å²) < 4.78 is 41.2. The van der Waals surface area contributed by atoms with Gasteiger partial charge in [-0.25, -0.2) is 0 Å². The minimum atomic E-state index is -4.64. The number of aryl methyl sites for hydroxylation is 1. The highest BCUT2D eigenvalue weighted by Crippen LogP contribution is 2.54. The van der Waals surface area contributed by atoms with Gasteiger partial charge >= 0.3 is 6.36 Å². The third kappa shape index (κ3) is 4.29. The van der Waals surface area contributed by atoms with Gasteiger partial charge in [0.15, 0.2) is 0 Å². The summed E-state index contributed by atoms with van der Waals surface area (Å²) in [5, 5.41) is 1.16. The Morgan fingerprint density at radius 2 is 1.80 bits per heavy atom. The lowest BCUT2D eigenvalue weighted by Crippen LogP contribution is -2.24. The molecule has 2 aliphatic rings. The van der Waals surface area contributed by atoms with E-state index in [4.69, 9.17) is 0 Å². The highest BCUT2D eigenvalue weighted by Gasteiger charge is 2.54. The van der Waals surface area contributed by atoms with Crippen LogP contribution in [0.25, 0.3) is 10.9 Å². The summed E-state index contributed by atoms with van der Waals surface area (Å²) in [5.74, 6) is 2.00. The van der Waals surface area contributed by atoms with Gasteiger partial charge in [-0.1, -0.05) is 30.3 Å². The van der Waals surface area contributed by atoms with E-state index >= 15 is 0 Å². The number of likely N-dealkylation sites (tertiary alicyclic amines) is 1. The van der Waals surface area contributed by atoms with Crippen LogP contribution in [0.3, 0.4) is 0 Å². The normalized spacial score (nSPS) is 23.5. The maximum atomic E-state index is 12.4. The number of ether oxygens (including phenoxy) is 1. The van der Waals surface area contributed by atoms with Crippen molar-refractivity contribution in [1.29, 1.82) is 0 Å². The fourth-order valence-corrected chi connectivity index (χ4v) is 4.99. The molecule has 156 valence electrons. The number of pyridine rings is 1. The molecular weight excluding hydrogens is 389 g/mol. The number of piperidine rings is 1. The summed E-state index contributed by atoms with van der Waals surface area (Å²) in [7, 11) is 0. The number of benzene rings is 2. The Bertz CT molecular complexity index is 1040. The van der Waals surface area contributed by atoms with Crippen molar-refractivity contribution < 1.29 is 17.9 Å². The van der Waals surface area contributed by atoms with E-state index in [-0.39, 0.29) is 5.75 Å². The molecule has 3 nitrogen and oxygen atoms in total. The molecule has 0 amide bonds. The quantitative estimate of drug-likeness (QED) is 0.539. The van der Waals surface area contributed by atoms with Gasteiger partial charge in [-0.05, 0) is 66.0 Å². The number of hydrogen-bond acceptors (Lipinski definition) is 3. The topological polar surface area (TPSA) is 25.4 Å². The monoisotopic (exact) mass is 412 g/mol. The zero-order valence-corrected chi connectivity index (χ0v) is 16.5. The molecule has 1 aromatic heterocycles. The van der Waals surface area contributed by atoms with Gasteiger partial charge in [0.25, 0.3) is 0 Å². The number of aromatic nitrogens is 1. The van der Waals surface area contributed by atoms with E-state index in [2.05, 4.69) is 38.9 Å². The van der Waals surface area contributed by atoms with Crippen LogP contribution in [0.15, 0.2) is 60.8 Å². The van der Waals surface area contributed by atoms with Crippen molar-refractivity contribution >= 4 is 10.9 Å². The van der Waals surface area contributed by atoms with E-state index in [0.717, 1.165) is 60.8 Å². The van der Waals surface area contributed by atoms with Crippen LogP contribution < -0.4 is 4.74 Å². The summed E-state index contributed by atoms with van der Waals surface area (Å²) in [6, 6.07) is 16.9. The number of rotatable bonds is 6. The van der Waals surface area contributed by atoms with Crippen LogP contribution in [0.5, 0.6) is 5.75 Å². The fraction of sp³-hybridized carbons (Fsp3) is 0.375. The molecule has 2 fully saturated rings. The van der Waals surface area contributed by atoms with Crippen LogP contribution in [0.1, 0.15) is 17.5 Å². The lowest BCUT2D eigenvalue weighted by atomic mass is 10.0. The average molecular weight is 412 g/mol. The van der Waals surface area contributed by atoms with Crippen molar-refractivity contribution in [2.45, 2.75) is 25.7 Å². The molecule has 1 saturated heterocycles. The lowest BCUT2D eigenvalue weighted by Gasteiger charge is -2.19. The van der Waals surface area contributed by atoms with E-state index in [1.165, 1.54) is 17.7 Å². The zero-order chi connectivity index (χ0) is 20.7. The van der Waals surface area contributed by atoms with Gasteiger partial charge in [-0.15, -0.1) is 13.2 Å². The Labute approximate surface area is 173 Å². The predicted molar refractivity (Wildman–Crippen MR) is 109 cm³/mol. The number of hydrogen-bond donors (Lipinski definition) is 0. The molecule has 6 heteroatoms. The predicted octanol–water partition coefficient (Wildman–Crippen LogP) is 5.44. The molecule has 1 aliphatic heterocycles. The first-order valence-electron chi connectivity index (χ1n) is 10.4. The Morgan fingerprint density at radius 1 is 0.967 bits per heavy atom. The van der Waals surface area contributed by atoms with E-state index in [1.54, 1.807) is 6.07 Å². The van der Waals surface area contributed by atoms with Crippen LogP contribution in [-0.2, 0) is 13.0 Å². The van der Waals surface area contributed by atoms with E-state index in [0.29, 0.717) is 5.92 Å². The zero-order valence-electron chi connectivity index (χ0n) is 16.5. The summed E-state index contributed by atoms with van der Waals surface area (Å²) in [4.78, 5) is 6.95. The molecule has 30 heavy (non-hydrogen) atoms. The van der Waals surface area contributed by atoms with Crippen molar-refractivity contribution in [3.8, 4) is 5.75 Å². The first-order valence-corrected chi connectivity index (χ1v) is 10.4. The molecular formula is C24H23F3N2O. The maximum Gasteiger partial charge on any atom is 0.573 e. The minimum Gasteiger partial charge on any atom is -0.406 e. The van der Waals surface area contributed by atoms with Gasteiger partial charge in [0, 0.05) is 31.2 Å².